The number of hydrogen-bond donors (Lipinski definition) is 3. The summed E-state index contributed by atoms with van der Waals surface area (Å²) < 4.78 is 78.1. The molecule has 13 heteroatoms. The van der Waals surface area contributed by atoms with Gasteiger partial charge in [-0.1, -0.05) is 18.2 Å². The number of halogens is 3. The Labute approximate surface area is 258 Å². The van der Waals surface area contributed by atoms with Crippen LogP contribution < -0.4 is 20.1 Å². The van der Waals surface area contributed by atoms with Crippen molar-refractivity contribution in [1.29, 1.82) is 0 Å². The molecule has 1 aliphatic heterocycles. The molecule has 0 aliphatic carbocycles. The maximum absolute atomic E-state index is 15.1. The first-order valence-corrected chi connectivity index (χ1v) is 15.9. The van der Waals surface area contributed by atoms with E-state index in [1.807, 2.05) is 0 Å². The van der Waals surface area contributed by atoms with Gasteiger partial charge in [0.15, 0.2) is 0 Å². The number of benzene rings is 3. The first kappa shape index (κ1) is 30.3. The largest absolute Gasteiger partial charge is 0.437 e. The van der Waals surface area contributed by atoms with Gasteiger partial charge in [-0.15, -0.1) is 0 Å². The molecule has 3 N–H and O–H groups in total. The van der Waals surface area contributed by atoms with Crippen LogP contribution in [0, 0.1) is 24.4 Å². The van der Waals surface area contributed by atoms with E-state index in [0.29, 0.717) is 33.9 Å². The van der Waals surface area contributed by atoms with Crippen molar-refractivity contribution in [3.8, 4) is 22.9 Å². The Hall–Kier alpha value is -4.75. The second-order valence-electron chi connectivity index (χ2n) is 10.7. The van der Waals surface area contributed by atoms with Crippen molar-refractivity contribution >= 4 is 32.4 Å². The van der Waals surface area contributed by atoms with Crippen LogP contribution in [-0.2, 0) is 15.8 Å². The molecular formula is C32H29F3N6O3S. The van der Waals surface area contributed by atoms with Gasteiger partial charge in [0.1, 0.15) is 29.0 Å². The number of piperidine rings is 1. The highest BCUT2D eigenvalue weighted by atomic mass is 32.2. The Morgan fingerprint density at radius 2 is 1.73 bits per heavy atom. The summed E-state index contributed by atoms with van der Waals surface area (Å²) in [7, 11) is -4.43. The quantitative estimate of drug-likeness (QED) is 0.173. The maximum Gasteiger partial charge on any atom is 0.237 e. The number of aromatic nitrogens is 3. The Kier molecular flexibility index (Phi) is 8.55. The number of aryl methyl sites for hydroxylation is 1. The monoisotopic (exact) mass is 634 g/mol. The number of pyridine rings is 1. The van der Waals surface area contributed by atoms with Gasteiger partial charge in [-0.05, 0) is 74.3 Å². The number of fused-ring (bicyclic) bond motifs is 1. The summed E-state index contributed by atoms with van der Waals surface area (Å²) in [5, 5.41) is 7.29. The highest BCUT2D eigenvalue weighted by Crippen LogP contribution is 2.40. The summed E-state index contributed by atoms with van der Waals surface area (Å²) in [5.74, 6) is -2.93. The molecular weight excluding hydrogens is 605 g/mol. The van der Waals surface area contributed by atoms with Crippen LogP contribution in [0.15, 0.2) is 73.1 Å². The minimum Gasteiger partial charge on any atom is -0.437 e. The van der Waals surface area contributed by atoms with Crippen LogP contribution in [0.1, 0.15) is 24.0 Å². The van der Waals surface area contributed by atoms with Crippen molar-refractivity contribution in [1.82, 2.24) is 20.3 Å². The molecule has 1 atom stereocenters. The molecule has 2 aromatic heterocycles. The predicted octanol–water partition coefficient (Wildman–Crippen LogP) is 6.32. The number of anilines is 2. The Bertz CT molecular complexity index is 1970. The van der Waals surface area contributed by atoms with Crippen LogP contribution in [0.3, 0.4) is 0 Å². The number of sulfonamides is 1. The van der Waals surface area contributed by atoms with Crippen molar-refractivity contribution in [2.45, 2.75) is 31.6 Å². The van der Waals surface area contributed by atoms with E-state index >= 15 is 4.39 Å². The molecule has 0 unspecified atom stereocenters. The van der Waals surface area contributed by atoms with Gasteiger partial charge in [0.25, 0.3) is 0 Å². The molecule has 1 fully saturated rings. The zero-order chi connectivity index (χ0) is 31.6. The van der Waals surface area contributed by atoms with Gasteiger partial charge >= 0.3 is 0 Å². The van der Waals surface area contributed by atoms with Crippen LogP contribution in [0.2, 0.25) is 0 Å². The minimum atomic E-state index is -4.43. The molecule has 3 heterocycles. The van der Waals surface area contributed by atoms with Crippen molar-refractivity contribution < 1.29 is 26.3 Å². The molecule has 9 nitrogen and oxygen atoms in total. The summed E-state index contributed by atoms with van der Waals surface area (Å²) in [6, 6.07) is 14.3. The summed E-state index contributed by atoms with van der Waals surface area (Å²) in [4.78, 5) is 13.5. The Balaban J connectivity index is 1.33. The van der Waals surface area contributed by atoms with Gasteiger partial charge in [0.2, 0.25) is 21.9 Å². The van der Waals surface area contributed by atoms with Crippen LogP contribution in [0.25, 0.3) is 22.0 Å². The highest BCUT2D eigenvalue weighted by molar-refractivity contribution is 7.91. The topological polar surface area (TPSA) is 118 Å². The fourth-order valence-electron chi connectivity index (χ4n) is 5.25. The standard InChI is InChI=1S/C32H29F3N6O3S/c1-19-9-10-21-22(11-12-27(35)29(21)41-45(42,43)18-24-25(33)7-2-8-26(24)34)30(19)44-31-23(6-4-15-37-31)28-13-16-38-32(40-28)39-20-5-3-14-36-17-20/h2,4,6-13,15-16,20,36,41H,3,5,14,17-18H2,1H3,(H,38,39,40)/t20-/m0/s1. The number of hydrogen-bond acceptors (Lipinski definition) is 8. The zero-order valence-electron chi connectivity index (χ0n) is 24.1. The number of nitrogens with one attached hydrogen (secondary N) is 3. The average molecular weight is 635 g/mol. The molecule has 3 aromatic carbocycles. The molecule has 45 heavy (non-hydrogen) atoms. The van der Waals surface area contributed by atoms with Gasteiger partial charge < -0.3 is 15.4 Å². The summed E-state index contributed by atoms with van der Waals surface area (Å²) >= 11 is 0. The third-order valence-corrected chi connectivity index (χ3v) is 8.67. The number of rotatable bonds is 9. The molecule has 0 saturated carbocycles. The normalized spacial score (nSPS) is 15.2. The molecule has 232 valence electrons. The molecule has 0 radical (unpaired) electrons. The van der Waals surface area contributed by atoms with E-state index in [4.69, 9.17) is 4.74 Å². The van der Waals surface area contributed by atoms with E-state index in [0.717, 1.165) is 50.2 Å². The lowest BCUT2D eigenvalue weighted by Gasteiger charge is -2.23. The first-order valence-electron chi connectivity index (χ1n) is 14.3. The van der Waals surface area contributed by atoms with Gasteiger partial charge in [0, 0.05) is 41.3 Å². The maximum atomic E-state index is 15.1. The van der Waals surface area contributed by atoms with E-state index in [2.05, 4.69) is 30.3 Å². The molecule has 0 bridgehead atoms. The van der Waals surface area contributed by atoms with E-state index in [9.17, 15) is 17.2 Å². The number of nitrogens with zero attached hydrogens (tertiary/aromatic N) is 3. The van der Waals surface area contributed by atoms with E-state index in [-0.39, 0.29) is 23.0 Å². The van der Waals surface area contributed by atoms with Gasteiger partial charge in [0.05, 0.1) is 16.9 Å². The van der Waals surface area contributed by atoms with E-state index in [1.165, 1.54) is 6.07 Å². The van der Waals surface area contributed by atoms with Crippen LogP contribution in [0.4, 0.5) is 24.8 Å². The average Bonchev–Trinajstić information content (AvgIpc) is 3.02. The first-order chi connectivity index (χ1) is 21.7. The second-order valence-corrected chi connectivity index (χ2v) is 12.4. The van der Waals surface area contributed by atoms with Gasteiger partial charge in [-0.3, -0.25) is 4.72 Å². The molecule has 0 spiro atoms. The molecule has 1 aliphatic rings. The number of ether oxygens (including phenoxy) is 1. The fraction of sp³-hybridized carbons (Fsp3) is 0.219. The summed E-state index contributed by atoms with van der Waals surface area (Å²) in [5.41, 5.74) is 0.793. The zero-order valence-corrected chi connectivity index (χ0v) is 25.0. The molecule has 5 aromatic rings. The van der Waals surface area contributed by atoms with E-state index < -0.39 is 38.8 Å². The van der Waals surface area contributed by atoms with Crippen molar-refractivity contribution in [3.63, 3.8) is 0 Å². The van der Waals surface area contributed by atoms with Gasteiger partial charge in [-0.25, -0.2) is 36.5 Å². The second kappa shape index (κ2) is 12.7. The third-order valence-electron chi connectivity index (χ3n) is 7.48. The third kappa shape index (κ3) is 6.69. The van der Waals surface area contributed by atoms with Crippen LogP contribution in [0.5, 0.6) is 11.6 Å². The van der Waals surface area contributed by atoms with Crippen LogP contribution in [-0.4, -0.2) is 42.5 Å². The Morgan fingerprint density at radius 3 is 2.51 bits per heavy atom. The lowest BCUT2D eigenvalue weighted by atomic mass is 10.0. The lowest BCUT2D eigenvalue weighted by molar-refractivity contribution is 0.466. The fourth-order valence-corrected chi connectivity index (χ4v) is 6.50. The van der Waals surface area contributed by atoms with Crippen molar-refractivity contribution in [2.24, 2.45) is 0 Å². The minimum absolute atomic E-state index is 0.181. The highest BCUT2D eigenvalue weighted by Gasteiger charge is 2.23. The smallest absolute Gasteiger partial charge is 0.237 e. The van der Waals surface area contributed by atoms with E-state index in [1.54, 1.807) is 49.6 Å². The molecule has 6 rings (SSSR count). The lowest BCUT2D eigenvalue weighted by Crippen LogP contribution is -2.38. The Morgan fingerprint density at radius 1 is 0.933 bits per heavy atom. The SMILES string of the molecule is Cc1ccc2c(NS(=O)(=O)Cc3c(F)cccc3F)c(F)ccc2c1Oc1ncccc1-c1ccnc(N[C@H]2CCCNC2)n1. The summed E-state index contributed by atoms with van der Waals surface area (Å²) in [6.45, 7) is 3.58. The van der Waals surface area contributed by atoms with Crippen LogP contribution >= 0.6 is 0 Å². The predicted molar refractivity (Wildman–Crippen MR) is 166 cm³/mol. The molecule has 0 amide bonds. The summed E-state index contributed by atoms with van der Waals surface area (Å²) in [6.07, 6.45) is 5.27. The van der Waals surface area contributed by atoms with Crippen molar-refractivity contribution in [3.05, 3.63) is 102 Å². The molecule has 1 saturated heterocycles. The van der Waals surface area contributed by atoms with Gasteiger partial charge in [-0.2, -0.15) is 0 Å². The van der Waals surface area contributed by atoms with Crippen molar-refractivity contribution in [2.75, 3.05) is 23.1 Å².